The number of hydrogen-bond donors (Lipinski definition) is 0. The fourth-order valence-electron chi connectivity index (χ4n) is 2.59. The first-order valence-electron chi connectivity index (χ1n) is 8.89. The van der Waals surface area contributed by atoms with Gasteiger partial charge >= 0.3 is 0 Å². The van der Waals surface area contributed by atoms with Crippen molar-refractivity contribution in [3.8, 4) is 17.6 Å². The number of benzene rings is 2. The third-order valence-electron chi connectivity index (χ3n) is 4.10. The first kappa shape index (κ1) is 18.9. The van der Waals surface area contributed by atoms with Crippen LogP contribution < -0.4 is 9.47 Å². The van der Waals surface area contributed by atoms with Crippen LogP contribution in [0.4, 0.5) is 0 Å². The Morgan fingerprint density at radius 3 is 2.74 bits per heavy atom. The number of nitrogens with zero attached hydrogens (tertiary/aromatic N) is 2. The molecule has 4 nitrogen and oxygen atoms in total. The average Bonchev–Trinajstić information content (AvgIpc) is 3.10. The normalized spacial score (nSPS) is 11.6. The van der Waals surface area contributed by atoms with Crippen LogP contribution in [0.15, 0.2) is 42.5 Å². The molecule has 138 valence electrons. The predicted molar refractivity (Wildman–Crippen MR) is 111 cm³/mol. The summed E-state index contributed by atoms with van der Waals surface area (Å²) in [7, 11) is 1.62. The Hall–Kier alpha value is -2.84. The zero-order valence-corrected chi connectivity index (χ0v) is 16.5. The van der Waals surface area contributed by atoms with Gasteiger partial charge < -0.3 is 9.47 Å². The SMILES string of the molecule is COc1cc(C=C(C#N)c2nc3ccccc3s2)ccc1OCCC(C)C. The highest BCUT2D eigenvalue weighted by Gasteiger charge is 2.10. The molecule has 1 aromatic heterocycles. The summed E-state index contributed by atoms with van der Waals surface area (Å²) in [5.74, 6) is 1.97. The van der Waals surface area contributed by atoms with Crippen LogP contribution in [-0.4, -0.2) is 18.7 Å². The van der Waals surface area contributed by atoms with E-state index in [4.69, 9.17) is 9.47 Å². The number of rotatable bonds is 7. The molecule has 0 saturated heterocycles. The maximum absolute atomic E-state index is 9.61. The fraction of sp³-hybridized carbons (Fsp3) is 0.273. The highest BCUT2D eigenvalue weighted by Crippen LogP contribution is 2.32. The second-order valence-electron chi connectivity index (χ2n) is 6.60. The number of nitriles is 1. The molecule has 3 rings (SSSR count). The first-order valence-corrected chi connectivity index (χ1v) is 9.71. The van der Waals surface area contributed by atoms with Crippen molar-refractivity contribution in [2.24, 2.45) is 5.92 Å². The Kier molecular flexibility index (Phi) is 6.10. The summed E-state index contributed by atoms with van der Waals surface area (Å²) in [6, 6.07) is 15.9. The van der Waals surface area contributed by atoms with Gasteiger partial charge in [-0.2, -0.15) is 5.26 Å². The third-order valence-corrected chi connectivity index (χ3v) is 5.17. The minimum atomic E-state index is 0.534. The van der Waals surface area contributed by atoms with Gasteiger partial charge in [0, 0.05) is 0 Å². The van der Waals surface area contributed by atoms with Crippen molar-refractivity contribution in [2.75, 3.05) is 13.7 Å². The maximum atomic E-state index is 9.61. The number of aromatic nitrogens is 1. The smallest absolute Gasteiger partial charge is 0.161 e. The van der Waals surface area contributed by atoms with Gasteiger partial charge in [0.1, 0.15) is 11.1 Å². The molecule has 0 spiro atoms. The molecule has 3 aromatic rings. The van der Waals surface area contributed by atoms with E-state index in [1.165, 1.54) is 11.3 Å². The molecule has 0 fully saturated rings. The van der Waals surface area contributed by atoms with Crippen LogP contribution >= 0.6 is 11.3 Å². The van der Waals surface area contributed by atoms with E-state index in [2.05, 4.69) is 24.9 Å². The van der Waals surface area contributed by atoms with Crippen LogP contribution in [-0.2, 0) is 0 Å². The predicted octanol–water partition coefficient (Wildman–Crippen LogP) is 5.79. The summed E-state index contributed by atoms with van der Waals surface area (Å²) in [5, 5.41) is 10.3. The number of allylic oxidation sites excluding steroid dienone is 1. The molecule has 27 heavy (non-hydrogen) atoms. The van der Waals surface area contributed by atoms with Gasteiger partial charge in [-0.05, 0) is 48.2 Å². The van der Waals surface area contributed by atoms with Crippen molar-refractivity contribution in [3.63, 3.8) is 0 Å². The molecule has 2 aromatic carbocycles. The van der Waals surface area contributed by atoms with E-state index in [1.807, 2.05) is 48.5 Å². The number of hydrogen-bond acceptors (Lipinski definition) is 5. The summed E-state index contributed by atoms with van der Waals surface area (Å²) in [6.45, 7) is 4.98. The quantitative estimate of drug-likeness (QED) is 0.488. The molecule has 0 saturated carbocycles. The van der Waals surface area contributed by atoms with Crippen molar-refractivity contribution >= 4 is 33.2 Å². The average molecular weight is 378 g/mol. The van der Waals surface area contributed by atoms with Crippen LogP contribution in [0, 0.1) is 17.2 Å². The molecule has 0 unspecified atom stereocenters. The molecular formula is C22H22N2O2S. The summed E-state index contributed by atoms with van der Waals surface area (Å²) in [4.78, 5) is 4.57. The number of fused-ring (bicyclic) bond motifs is 1. The lowest BCUT2D eigenvalue weighted by molar-refractivity contribution is 0.273. The largest absolute Gasteiger partial charge is 0.493 e. The Morgan fingerprint density at radius 2 is 2.04 bits per heavy atom. The van der Waals surface area contributed by atoms with Gasteiger partial charge in [0.25, 0.3) is 0 Å². The van der Waals surface area contributed by atoms with Gasteiger partial charge in [-0.3, -0.25) is 0 Å². The zero-order chi connectivity index (χ0) is 19.2. The molecule has 0 amide bonds. The number of methoxy groups -OCH3 is 1. The molecule has 0 aliphatic heterocycles. The lowest BCUT2D eigenvalue weighted by Gasteiger charge is -2.12. The van der Waals surface area contributed by atoms with Crippen molar-refractivity contribution in [2.45, 2.75) is 20.3 Å². The standard InChI is InChI=1S/C22H22N2O2S/c1-15(2)10-11-26-19-9-8-16(13-20(19)25-3)12-17(14-23)22-24-18-6-4-5-7-21(18)27-22/h4-9,12-13,15H,10-11H2,1-3H3. The van der Waals surface area contributed by atoms with Crippen molar-refractivity contribution in [1.29, 1.82) is 5.26 Å². The fourth-order valence-corrected chi connectivity index (χ4v) is 3.53. The molecule has 0 aliphatic carbocycles. The number of ether oxygens (including phenoxy) is 2. The molecular weight excluding hydrogens is 356 g/mol. The van der Waals surface area contributed by atoms with Crippen molar-refractivity contribution < 1.29 is 9.47 Å². The van der Waals surface area contributed by atoms with Crippen molar-refractivity contribution in [3.05, 3.63) is 53.0 Å². The lowest BCUT2D eigenvalue weighted by Crippen LogP contribution is -2.02. The van der Waals surface area contributed by atoms with Crippen molar-refractivity contribution in [1.82, 2.24) is 4.98 Å². The molecule has 0 radical (unpaired) electrons. The van der Waals surface area contributed by atoms with Gasteiger partial charge in [-0.25, -0.2) is 4.98 Å². The summed E-state index contributed by atoms with van der Waals surface area (Å²) >= 11 is 1.52. The van der Waals surface area contributed by atoms with Gasteiger partial charge in [0.15, 0.2) is 11.5 Å². The third kappa shape index (κ3) is 4.66. The monoisotopic (exact) mass is 378 g/mol. The van der Waals surface area contributed by atoms with Gasteiger partial charge in [-0.15, -0.1) is 11.3 Å². The van der Waals surface area contributed by atoms with Crippen LogP contribution in [0.25, 0.3) is 21.9 Å². The van der Waals surface area contributed by atoms with E-state index < -0.39 is 0 Å². The molecule has 0 atom stereocenters. The van der Waals surface area contributed by atoms with Crippen LogP contribution in [0.5, 0.6) is 11.5 Å². The number of para-hydroxylation sites is 1. The van der Waals surface area contributed by atoms with E-state index in [9.17, 15) is 5.26 Å². The van der Waals surface area contributed by atoms with E-state index in [-0.39, 0.29) is 0 Å². The minimum absolute atomic E-state index is 0.534. The van der Waals surface area contributed by atoms with Crippen LogP contribution in [0.3, 0.4) is 0 Å². The molecule has 1 heterocycles. The van der Waals surface area contributed by atoms with E-state index in [1.54, 1.807) is 7.11 Å². The van der Waals surface area contributed by atoms with Crippen LogP contribution in [0.1, 0.15) is 30.8 Å². The van der Waals surface area contributed by atoms with Crippen LogP contribution in [0.2, 0.25) is 0 Å². The second kappa shape index (κ2) is 8.70. The molecule has 0 bridgehead atoms. The molecule has 5 heteroatoms. The second-order valence-corrected chi connectivity index (χ2v) is 7.63. The number of thiazole rings is 1. The van der Waals surface area contributed by atoms with E-state index in [0.29, 0.717) is 29.6 Å². The minimum Gasteiger partial charge on any atom is -0.493 e. The summed E-state index contributed by atoms with van der Waals surface area (Å²) in [5.41, 5.74) is 2.32. The highest BCUT2D eigenvalue weighted by molar-refractivity contribution is 7.19. The topological polar surface area (TPSA) is 55.1 Å². The summed E-state index contributed by atoms with van der Waals surface area (Å²) < 4.78 is 12.4. The van der Waals surface area contributed by atoms with Gasteiger partial charge in [0.05, 0.1) is 29.5 Å². The zero-order valence-electron chi connectivity index (χ0n) is 15.7. The Balaban J connectivity index is 1.86. The first-order chi connectivity index (χ1) is 13.1. The maximum Gasteiger partial charge on any atom is 0.161 e. The van der Waals surface area contributed by atoms with E-state index in [0.717, 1.165) is 27.2 Å². The highest BCUT2D eigenvalue weighted by atomic mass is 32.1. The molecule has 0 N–H and O–H groups in total. The molecule has 0 aliphatic rings. The Labute approximate surface area is 163 Å². The Bertz CT molecular complexity index is 966. The lowest BCUT2D eigenvalue weighted by atomic mass is 10.1. The van der Waals surface area contributed by atoms with Gasteiger partial charge in [0.2, 0.25) is 0 Å². The Morgan fingerprint density at radius 1 is 1.22 bits per heavy atom. The summed E-state index contributed by atoms with van der Waals surface area (Å²) in [6.07, 6.45) is 2.82. The van der Waals surface area contributed by atoms with Gasteiger partial charge in [-0.1, -0.05) is 32.0 Å². The van der Waals surface area contributed by atoms with E-state index >= 15 is 0 Å².